The fourth-order valence-corrected chi connectivity index (χ4v) is 2.75. The Labute approximate surface area is 161 Å². The minimum absolute atomic E-state index is 0.587. The molecule has 3 rings (SSSR count). The molecule has 0 unspecified atom stereocenters. The zero-order valence-electron chi connectivity index (χ0n) is 15.7. The first-order valence-electron chi connectivity index (χ1n) is 9.31. The van der Waals surface area contributed by atoms with Crippen molar-refractivity contribution in [1.82, 2.24) is 10.3 Å². The zero-order chi connectivity index (χ0) is 18.7. The average Bonchev–Trinajstić information content (AvgIpc) is 2.70. The van der Waals surface area contributed by atoms with Gasteiger partial charge in [-0.1, -0.05) is 48.0 Å². The van der Waals surface area contributed by atoms with Crippen LogP contribution in [0.4, 0.5) is 0 Å². The van der Waals surface area contributed by atoms with Gasteiger partial charge in [0.1, 0.15) is 12.4 Å². The number of ether oxygens (including phenoxy) is 2. The topological polar surface area (TPSA) is 43.4 Å². The maximum atomic E-state index is 5.93. The number of nitrogens with zero attached hydrogens (tertiary/aromatic N) is 1. The Kier molecular flexibility index (Phi) is 7.25. The van der Waals surface area contributed by atoms with Crippen LogP contribution in [0.1, 0.15) is 23.1 Å². The van der Waals surface area contributed by atoms with E-state index in [0.717, 1.165) is 25.3 Å². The van der Waals surface area contributed by atoms with Crippen LogP contribution in [0.15, 0.2) is 72.9 Å². The van der Waals surface area contributed by atoms with E-state index in [1.165, 1.54) is 16.7 Å². The standard InChI is InChI=1S/C23H26N2O2/c1-19-7-4-9-21(15-19)18-27-22-10-5-8-20(16-22)17-24-12-6-14-26-23-11-2-3-13-25-23/h2-5,7-11,13,15-16,24H,6,12,14,17-18H2,1H3. The number of benzene rings is 2. The van der Waals surface area contributed by atoms with E-state index in [1.54, 1.807) is 6.20 Å². The first kappa shape index (κ1) is 18.9. The Morgan fingerprint density at radius 1 is 0.889 bits per heavy atom. The van der Waals surface area contributed by atoms with E-state index >= 15 is 0 Å². The second-order valence-electron chi connectivity index (χ2n) is 6.47. The van der Waals surface area contributed by atoms with Gasteiger partial charge in [-0.2, -0.15) is 0 Å². The highest BCUT2D eigenvalue weighted by Crippen LogP contribution is 2.15. The van der Waals surface area contributed by atoms with Gasteiger partial charge in [-0.05, 0) is 49.2 Å². The quantitative estimate of drug-likeness (QED) is 0.538. The van der Waals surface area contributed by atoms with Crippen molar-refractivity contribution in [2.75, 3.05) is 13.2 Å². The van der Waals surface area contributed by atoms with Crippen molar-refractivity contribution in [3.05, 3.63) is 89.6 Å². The van der Waals surface area contributed by atoms with E-state index in [0.29, 0.717) is 19.1 Å². The first-order valence-corrected chi connectivity index (χ1v) is 9.31. The molecule has 0 radical (unpaired) electrons. The molecule has 2 aromatic carbocycles. The van der Waals surface area contributed by atoms with Crippen LogP contribution >= 0.6 is 0 Å². The van der Waals surface area contributed by atoms with Gasteiger partial charge in [0.05, 0.1) is 6.61 Å². The van der Waals surface area contributed by atoms with E-state index in [9.17, 15) is 0 Å². The second kappa shape index (κ2) is 10.3. The number of aryl methyl sites for hydroxylation is 1. The van der Waals surface area contributed by atoms with Crippen molar-refractivity contribution in [1.29, 1.82) is 0 Å². The smallest absolute Gasteiger partial charge is 0.213 e. The molecule has 1 aromatic heterocycles. The number of rotatable bonds is 10. The van der Waals surface area contributed by atoms with Crippen LogP contribution in [0.2, 0.25) is 0 Å². The predicted octanol–water partition coefficient (Wildman–Crippen LogP) is 4.53. The van der Waals surface area contributed by atoms with Gasteiger partial charge in [-0.3, -0.25) is 0 Å². The summed E-state index contributed by atoms with van der Waals surface area (Å²) in [4.78, 5) is 4.14. The molecule has 0 aliphatic heterocycles. The van der Waals surface area contributed by atoms with Crippen molar-refractivity contribution in [3.8, 4) is 11.6 Å². The first-order chi connectivity index (χ1) is 13.3. The molecule has 0 saturated carbocycles. The predicted molar refractivity (Wildman–Crippen MR) is 108 cm³/mol. The SMILES string of the molecule is Cc1cccc(COc2cccc(CNCCCOc3ccccn3)c2)c1. The van der Waals surface area contributed by atoms with Crippen LogP contribution in [-0.4, -0.2) is 18.1 Å². The number of nitrogens with one attached hydrogen (secondary N) is 1. The average molecular weight is 362 g/mol. The van der Waals surface area contributed by atoms with E-state index in [-0.39, 0.29) is 0 Å². The lowest BCUT2D eigenvalue weighted by Crippen LogP contribution is -2.17. The van der Waals surface area contributed by atoms with Gasteiger partial charge in [0.2, 0.25) is 5.88 Å². The van der Waals surface area contributed by atoms with Crippen LogP contribution in [0.25, 0.3) is 0 Å². The molecule has 27 heavy (non-hydrogen) atoms. The second-order valence-corrected chi connectivity index (χ2v) is 6.47. The van der Waals surface area contributed by atoms with Gasteiger partial charge in [-0.15, -0.1) is 0 Å². The maximum Gasteiger partial charge on any atom is 0.213 e. The fraction of sp³-hybridized carbons (Fsp3) is 0.261. The summed E-state index contributed by atoms with van der Waals surface area (Å²) in [5.41, 5.74) is 3.65. The minimum Gasteiger partial charge on any atom is -0.489 e. The van der Waals surface area contributed by atoms with Gasteiger partial charge in [0, 0.05) is 18.8 Å². The Bertz CT molecular complexity index is 821. The molecule has 0 aliphatic rings. The van der Waals surface area contributed by atoms with E-state index in [2.05, 4.69) is 53.6 Å². The molecule has 0 bridgehead atoms. The third kappa shape index (κ3) is 6.76. The lowest BCUT2D eigenvalue weighted by Gasteiger charge is -2.10. The molecule has 1 N–H and O–H groups in total. The minimum atomic E-state index is 0.587. The summed E-state index contributed by atoms with van der Waals surface area (Å²) in [6, 6.07) is 22.3. The van der Waals surface area contributed by atoms with Crippen molar-refractivity contribution >= 4 is 0 Å². The van der Waals surface area contributed by atoms with Crippen molar-refractivity contribution in [2.24, 2.45) is 0 Å². The Balaban J connectivity index is 1.36. The third-order valence-corrected chi connectivity index (χ3v) is 4.10. The van der Waals surface area contributed by atoms with E-state index in [4.69, 9.17) is 9.47 Å². The Hall–Kier alpha value is -2.85. The molecular formula is C23H26N2O2. The molecule has 4 nitrogen and oxygen atoms in total. The molecule has 1 heterocycles. The summed E-state index contributed by atoms with van der Waals surface area (Å²) in [5.74, 6) is 1.57. The number of pyridine rings is 1. The van der Waals surface area contributed by atoms with Gasteiger partial charge < -0.3 is 14.8 Å². The summed E-state index contributed by atoms with van der Waals surface area (Å²) in [7, 11) is 0. The summed E-state index contributed by atoms with van der Waals surface area (Å²) in [6.45, 7) is 5.04. The summed E-state index contributed by atoms with van der Waals surface area (Å²) in [5, 5.41) is 3.44. The van der Waals surface area contributed by atoms with E-state index < -0.39 is 0 Å². The molecule has 4 heteroatoms. The molecule has 0 saturated heterocycles. The highest BCUT2D eigenvalue weighted by molar-refractivity contribution is 5.29. The van der Waals surface area contributed by atoms with Crippen molar-refractivity contribution in [3.63, 3.8) is 0 Å². The van der Waals surface area contributed by atoms with Crippen molar-refractivity contribution < 1.29 is 9.47 Å². The monoisotopic (exact) mass is 362 g/mol. The molecule has 0 fully saturated rings. The van der Waals surface area contributed by atoms with Gasteiger partial charge >= 0.3 is 0 Å². The summed E-state index contributed by atoms with van der Waals surface area (Å²) >= 11 is 0. The summed E-state index contributed by atoms with van der Waals surface area (Å²) in [6.07, 6.45) is 2.67. The van der Waals surface area contributed by atoms with E-state index in [1.807, 2.05) is 30.3 Å². The summed E-state index contributed by atoms with van der Waals surface area (Å²) < 4.78 is 11.5. The van der Waals surface area contributed by atoms with Crippen molar-refractivity contribution in [2.45, 2.75) is 26.5 Å². The van der Waals surface area contributed by atoms with Gasteiger partial charge in [0.15, 0.2) is 0 Å². The zero-order valence-corrected chi connectivity index (χ0v) is 15.7. The third-order valence-electron chi connectivity index (χ3n) is 4.10. The Morgan fingerprint density at radius 2 is 1.78 bits per heavy atom. The molecule has 0 atom stereocenters. The number of hydrogen-bond donors (Lipinski definition) is 1. The molecule has 3 aromatic rings. The van der Waals surface area contributed by atoms with Gasteiger partial charge in [0.25, 0.3) is 0 Å². The lowest BCUT2D eigenvalue weighted by atomic mass is 10.1. The number of aromatic nitrogens is 1. The molecule has 0 amide bonds. The molecular weight excluding hydrogens is 336 g/mol. The largest absolute Gasteiger partial charge is 0.489 e. The van der Waals surface area contributed by atoms with Gasteiger partial charge in [-0.25, -0.2) is 4.98 Å². The fourth-order valence-electron chi connectivity index (χ4n) is 2.75. The molecule has 0 spiro atoms. The maximum absolute atomic E-state index is 5.93. The highest BCUT2D eigenvalue weighted by Gasteiger charge is 2.00. The van der Waals surface area contributed by atoms with Crippen LogP contribution in [-0.2, 0) is 13.2 Å². The normalized spacial score (nSPS) is 10.6. The molecule has 0 aliphatic carbocycles. The number of hydrogen-bond acceptors (Lipinski definition) is 4. The van der Waals surface area contributed by atoms with Crippen LogP contribution < -0.4 is 14.8 Å². The van der Waals surface area contributed by atoms with Crippen LogP contribution in [0, 0.1) is 6.92 Å². The highest BCUT2D eigenvalue weighted by atomic mass is 16.5. The van der Waals surface area contributed by atoms with Crippen LogP contribution in [0.5, 0.6) is 11.6 Å². The van der Waals surface area contributed by atoms with Crippen LogP contribution in [0.3, 0.4) is 0 Å². The lowest BCUT2D eigenvalue weighted by molar-refractivity contribution is 0.296. The Morgan fingerprint density at radius 3 is 2.63 bits per heavy atom. The molecule has 140 valence electrons.